The molecule has 80 valence electrons. The molecular weight excluding hydrogens is 192 g/mol. The SMILES string of the molecule is COC(=O)/C=C/N[C@H](C)c1cccnc1. The second-order valence-corrected chi connectivity index (χ2v) is 3.03. The van der Waals surface area contributed by atoms with E-state index in [0.29, 0.717) is 0 Å². The first-order valence-corrected chi connectivity index (χ1v) is 4.64. The Kier molecular flexibility index (Phi) is 4.34. The van der Waals surface area contributed by atoms with Crippen molar-refractivity contribution in [3.05, 3.63) is 42.4 Å². The number of pyridine rings is 1. The molecule has 1 aromatic rings. The highest BCUT2D eigenvalue weighted by Gasteiger charge is 2.01. The van der Waals surface area contributed by atoms with E-state index in [9.17, 15) is 4.79 Å². The maximum Gasteiger partial charge on any atom is 0.331 e. The van der Waals surface area contributed by atoms with Crippen LogP contribution in [0.4, 0.5) is 0 Å². The number of rotatable bonds is 4. The number of carbonyl (C=O) groups excluding carboxylic acids is 1. The molecule has 0 fully saturated rings. The van der Waals surface area contributed by atoms with Gasteiger partial charge in [0, 0.05) is 30.7 Å². The molecule has 0 unspecified atom stereocenters. The smallest absolute Gasteiger partial charge is 0.331 e. The van der Waals surface area contributed by atoms with Gasteiger partial charge in [-0.15, -0.1) is 0 Å². The molecule has 0 spiro atoms. The van der Waals surface area contributed by atoms with Gasteiger partial charge in [0.1, 0.15) is 0 Å². The van der Waals surface area contributed by atoms with Crippen LogP contribution in [0.3, 0.4) is 0 Å². The van der Waals surface area contributed by atoms with Crippen LogP contribution in [-0.2, 0) is 9.53 Å². The zero-order valence-corrected chi connectivity index (χ0v) is 8.81. The van der Waals surface area contributed by atoms with Gasteiger partial charge in [-0.3, -0.25) is 4.98 Å². The predicted octanol–water partition coefficient (Wildman–Crippen LogP) is 1.42. The molecule has 1 rings (SSSR count). The van der Waals surface area contributed by atoms with Crippen LogP contribution in [0.5, 0.6) is 0 Å². The Morgan fingerprint density at radius 3 is 3.07 bits per heavy atom. The average molecular weight is 206 g/mol. The van der Waals surface area contributed by atoms with Crippen molar-refractivity contribution < 1.29 is 9.53 Å². The molecule has 0 aliphatic carbocycles. The van der Waals surface area contributed by atoms with E-state index >= 15 is 0 Å². The molecule has 15 heavy (non-hydrogen) atoms. The van der Waals surface area contributed by atoms with Gasteiger partial charge in [0.05, 0.1) is 7.11 Å². The standard InChI is InChI=1S/C11H14N2O2/c1-9(10-4-3-6-12-8-10)13-7-5-11(14)15-2/h3-9,13H,1-2H3/b7-5+/t9-/m1/s1. The highest BCUT2D eigenvalue weighted by Crippen LogP contribution is 2.08. The molecule has 0 aromatic carbocycles. The lowest BCUT2D eigenvalue weighted by molar-refractivity contribution is -0.134. The minimum atomic E-state index is -0.374. The molecule has 1 aromatic heterocycles. The van der Waals surface area contributed by atoms with Crippen molar-refractivity contribution in [2.45, 2.75) is 13.0 Å². The fourth-order valence-corrected chi connectivity index (χ4v) is 1.06. The van der Waals surface area contributed by atoms with Crippen LogP contribution < -0.4 is 5.32 Å². The maximum atomic E-state index is 10.8. The van der Waals surface area contributed by atoms with Crippen LogP contribution in [-0.4, -0.2) is 18.1 Å². The lowest BCUT2D eigenvalue weighted by Gasteiger charge is -2.10. The first-order chi connectivity index (χ1) is 7.24. The molecular formula is C11H14N2O2. The molecule has 1 atom stereocenters. The first kappa shape index (κ1) is 11.2. The van der Waals surface area contributed by atoms with Crippen LogP contribution in [0, 0.1) is 0 Å². The Hall–Kier alpha value is -1.84. The van der Waals surface area contributed by atoms with Crippen molar-refractivity contribution in [3.63, 3.8) is 0 Å². The predicted molar refractivity (Wildman–Crippen MR) is 56.9 cm³/mol. The largest absolute Gasteiger partial charge is 0.466 e. The maximum absolute atomic E-state index is 10.8. The molecule has 0 saturated heterocycles. The van der Waals surface area contributed by atoms with E-state index in [1.165, 1.54) is 13.2 Å². The van der Waals surface area contributed by atoms with E-state index in [2.05, 4.69) is 15.0 Å². The van der Waals surface area contributed by atoms with Gasteiger partial charge >= 0.3 is 5.97 Å². The lowest BCUT2D eigenvalue weighted by Crippen LogP contribution is -2.12. The summed E-state index contributed by atoms with van der Waals surface area (Å²) in [4.78, 5) is 14.8. The zero-order chi connectivity index (χ0) is 11.1. The van der Waals surface area contributed by atoms with Crippen molar-refractivity contribution >= 4 is 5.97 Å². The third-order valence-corrected chi connectivity index (χ3v) is 1.95. The van der Waals surface area contributed by atoms with E-state index in [1.807, 2.05) is 19.1 Å². The highest BCUT2D eigenvalue weighted by atomic mass is 16.5. The highest BCUT2D eigenvalue weighted by molar-refractivity contribution is 5.81. The van der Waals surface area contributed by atoms with Gasteiger partial charge in [-0.25, -0.2) is 4.79 Å². The van der Waals surface area contributed by atoms with Gasteiger partial charge in [0.2, 0.25) is 0 Å². The Morgan fingerprint density at radius 1 is 1.67 bits per heavy atom. The minimum absolute atomic E-state index is 0.111. The summed E-state index contributed by atoms with van der Waals surface area (Å²) in [5, 5.41) is 3.04. The normalized spacial score (nSPS) is 12.4. The van der Waals surface area contributed by atoms with Crippen molar-refractivity contribution in [2.24, 2.45) is 0 Å². The second-order valence-electron chi connectivity index (χ2n) is 3.03. The van der Waals surface area contributed by atoms with Crippen molar-refractivity contribution in [2.75, 3.05) is 7.11 Å². The Labute approximate surface area is 89.0 Å². The fourth-order valence-electron chi connectivity index (χ4n) is 1.06. The molecule has 4 heteroatoms. The number of methoxy groups -OCH3 is 1. The van der Waals surface area contributed by atoms with Gasteiger partial charge < -0.3 is 10.1 Å². The van der Waals surface area contributed by atoms with Crippen molar-refractivity contribution in [1.29, 1.82) is 0 Å². The second kappa shape index (κ2) is 5.80. The minimum Gasteiger partial charge on any atom is -0.466 e. The molecule has 0 bridgehead atoms. The number of hydrogen-bond donors (Lipinski definition) is 1. The van der Waals surface area contributed by atoms with Crippen LogP contribution in [0.1, 0.15) is 18.5 Å². The molecule has 0 amide bonds. The topological polar surface area (TPSA) is 51.2 Å². The molecule has 1 heterocycles. The number of nitrogens with one attached hydrogen (secondary N) is 1. The van der Waals surface area contributed by atoms with E-state index in [0.717, 1.165) is 5.56 Å². The van der Waals surface area contributed by atoms with E-state index in [1.54, 1.807) is 18.6 Å². The molecule has 0 saturated carbocycles. The summed E-state index contributed by atoms with van der Waals surface area (Å²) in [5.74, 6) is -0.374. The summed E-state index contributed by atoms with van der Waals surface area (Å²) in [5.41, 5.74) is 1.06. The summed E-state index contributed by atoms with van der Waals surface area (Å²) in [6.45, 7) is 1.98. The van der Waals surface area contributed by atoms with Gasteiger partial charge in [-0.1, -0.05) is 6.07 Å². The summed E-state index contributed by atoms with van der Waals surface area (Å²) in [6.07, 6.45) is 6.42. The van der Waals surface area contributed by atoms with Crippen LogP contribution in [0.2, 0.25) is 0 Å². The van der Waals surface area contributed by atoms with Gasteiger partial charge in [0.15, 0.2) is 0 Å². The number of ether oxygens (including phenoxy) is 1. The summed E-state index contributed by atoms with van der Waals surface area (Å²) in [6, 6.07) is 3.95. The monoisotopic (exact) mass is 206 g/mol. The van der Waals surface area contributed by atoms with E-state index in [-0.39, 0.29) is 12.0 Å². The van der Waals surface area contributed by atoms with Gasteiger partial charge in [0.25, 0.3) is 0 Å². The lowest BCUT2D eigenvalue weighted by atomic mass is 10.1. The summed E-state index contributed by atoms with van der Waals surface area (Å²) < 4.78 is 4.46. The fraction of sp³-hybridized carbons (Fsp3) is 0.273. The van der Waals surface area contributed by atoms with E-state index < -0.39 is 0 Å². The Balaban J connectivity index is 2.47. The molecule has 0 radical (unpaired) electrons. The molecule has 0 aliphatic heterocycles. The van der Waals surface area contributed by atoms with Crippen LogP contribution in [0.15, 0.2) is 36.8 Å². The third kappa shape index (κ3) is 3.81. The van der Waals surface area contributed by atoms with Crippen LogP contribution >= 0.6 is 0 Å². The molecule has 4 nitrogen and oxygen atoms in total. The van der Waals surface area contributed by atoms with E-state index in [4.69, 9.17) is 0 Å². The number of nitrogens with zero attached hydrogens (tertiary/aromatic N) is 1. The van der Waals surface area contributed by atoms with Gasteiger partial charge in [-0.2, -0.15) is 0 Å². The van der Waals surface area contributed by atoms with Crippen LogP contribution in [0.25, 0.3) is 0 Å². The molecule has 1 N–H and O–H groups in total. The zero-order valence-electron chi connectivity index (χ0n) is 8.81. The third-order valence-electron chi connectivity index (χ3n) is 1.95. The Bertz CT molecular complexity index is 336. The van der Waals surface area contributed by atoms with Gasteiger partial charge in [-0.05, 0) is 18.6 Å². The average Bonchev–Trinajstić information content (AvgIpc) is 2.29. The number of carbonyl (C=O) groups is 1. The number of esters is 1. The summed E-state index contributed by atoms with van der Waals surface area (Å²) >= 11 is 0. The number of hydrogen-bond acceptors (Lipinski definition) is 4. The molecule has 0 aliphatic rings. The summed E-state index contributed by atoms with van der Waals surface area (Å²) in [7, 11) is 1.34. The van der Waals surface area contributed by atoms with Crippen molar-refractivity contribution in [3.8, 4) is 0 Å². The number of aromatic nitrogens is 1. The van der Waals surface area contributed by atoms with Crippen molar-refractivity contribution in [1.82, 2.24) is 10.3 Å². The quantitative estimate of drug-likeness (QED) is 0.598. The Morgan fingerprint density at radius 2 is 2.47 bits per heavy atom. The first-order valence-electron chi connectivity index (χ1n) is 4.64.